The van der Waals surface area contributed by atoms with Gasteiger partial charge < -0.3 is 9.73 Å². The van der Waals surface area contributed by atoms with E-state index >= 15 is 0 Å². The molecule has 5 rings (SSSR count). The Bertz CT molecular complexity index is 1200. The van der Waals surface area contributed by atoms with Gasteiger partial charge >= 0.3 is 0 Å². The van der Waals surface area contributed by atoms with E-state index in [1.807, 2.05) is 39.0 Å². The Morgan fingerprint density at radius 2 is 1.74 bits per heavy atom. The number of hydrogen-bond donors (Lipinski definition) is 1. The number of fused-ring (bicyclic) bond motifs is 1. The third-order valence-electron chi connectivity index (χ3n) is 7.32. The summed E-state index contributed by atoms with van der Waals surface area (Å²) in [4.78, 5) is 29.6. The molecular weight excluding hydrogens is 440 g/mol. The number of aryl methyl sites for hydroxylation is 2. The van der Waals surface area contributed by atoms with Crippen molar-refractivity contribution in [2.24, 2.45) is 0 Å². The summed E-state index contributed by atoms with van der Waals surface area (Å²) >= 11 is 0. The molecule has 1 atom stereocenters. The molecule has 1 aliphatic carbocycles. The van der Waals surface area contributed by atoms with Crippen LogP contribution in [0.5, 0.6) is 0 Å². The van der Waals surface area contributed by atoms with Gasteiger partial charge in [0.2, 0.25) is 5.91 Å². The van der Waals surface area contributed by atoms with Gasteiger partial charge in [-0.15, -0.1) is 0 Å². The van der Waals surface area contributed by atoms with Crippen molar-refractivity contribution in [3.63, 3.8) is 0 Å². The summed E-state index contributed by atoms with van der Waals surface area (Å²) in [5, 5.41) is 7.97. The molecule has 0 radical (unpaired) electrons. The zero-order chi connectivity index (χ0) is 24.6. The Morgan fingerprint density at radius 1 is 1.06 bits per heavy atom. The predicted molar refractivity (Wildman–Crippen MR) is 135 cm³/mol. The van der Waals surface area contributed by atoms with Crippen LogP contribution in [0.15, 0.2) is 47.1 Å². The fourth-order valence-corrected chi connectivity index (χ4v) is 5.55. The lowest BCUT2D eigenvalue weighted by Crippen LogP contribution is -2.65. The van der Waals surface area contributed by atoms with E-state index in [1.54, 1.807) is 28.0 Å². The lowest BCUT2D eigenvalue weighted by molar-refractivity contribution is -0.127. The second-order valence-electron chi connectivity index (χ2n) is 10.3. The molecule has 3 heterocycles. The molecule has 2 amide bonds. The summed E-state index contributed by atoms with van der Waals surface area (Å²) in [6, 6.07) is 11.5. The number of furan rings is 1. The standard InChI is InChI=1S/C28H34N4O3/c1-19-14-20(2)16-22(15-19)32-26(33)24-17-23(25-12-9-13-35-25)30-31(24)18-28(32,3)27(34)29-21-10-7-5-4-6-8-11-21/h9,12-17,21H,4-8,10-11,18H2,1-3H3,(H,29,34)/t28-/m1/s1. The number of benzene rings is 1. The predicted octanol–water partition coefficient (Wildman–Crippen LogP) is 5.41. The number of nitrogens with zero attached hydrogens (tertiary/aromatic N) is 3. The van der Waals surface area contributed by atoms with Crippen LogP contribution in [0.4, 0.5) is 5.69 Å². The number of aromatic nitrogens is 2. The van der Waals surface area contributed by atoms with Crippen molar-refractivity contribution in [1.29, 1.82) is 0 Å². The van der Waals surface area contributed by atoms with Gasteiger partial charge in [0, 0.05) is 17.8 Å². The maximum Gasteiger partial charge on any atom is 0.277 e. The van der Waals surface area contributed by atoms with Gasteiger partial charge in [0.05, 0.1) is 12.8 Å². The Balaban J connectivity index is 1.54. The molecule has 1 saturated carbocycles. The molecule has 2 aromatic heterocycles. The largest absolute Gasteiger partial charge is 0.463 e. The molecule has 0 spiro atoms. The first-order valence-corrected chi connectivity index (χ1v) is 12.7. The Kier molecular flexibility index (Phi) is 6.26. The maximum absolute atomic E-state index is 14.0. The normalized spacial score (nSPS) is 21.3. The second-order valence-corrected chi connectivity index (χ2v) is 10.3. The topological polar surface area (TPSA) is 80.4 Å². The van der Waals surface area contributed by atoms with E-state index in [9.17, 15) is 9.59 Å². The smallest absolute Gasteiger partial charge is 0.277 e. The minimum absolute atomic E-state index is 0.128. The molecule has 1 fully saturated rings. The van der Waals surface area contributed by atoms with E-state index in [4.69, 9.17) is 4.42 Å². The van der Waals surface area contributed by atoms with Crippen molar-refractivity contribution in [2.45, 2.75) is 83.8 Å². The fraction of sp³-hybridized carbons (Fsp3) is 0.464. The van der Waals surface area contributed by atoms with Crippen LogP contribution in [-0.2, 0) is 11.3 Å². The number of anilines is 1. The first-order chi connectivity index (χ1) is 16.8. The van der Waals surface area contributed by atoms with Crippen LogP contribution < -0.4 is 10.2 Å². The van der Waals surface area contributed by atoms with Crippen molar-refractivity contribution in [3.8, 4) is 11.5 Å². The van der Waals surface area contributed by atoms with Crippen molar-refractivity contribution in [2.75, 3.05) is 4.90 Å². The van der Waals surface area contributed by atoms with Crippen LogP contribution in [0, 0.1) is 13.8 Å². The monoisotopic (exact) mass is 474 g/mol. The van der Waals surface area contributed by atoms with Gasteiger partial charge in [-0.1, -0.05) is 38.2 Å². The van der Waals surface area contributed by atoms with Gasteiger partial charge in [-0.25, -0.2) is 0 Å². The molecule has 3 aromatic rings. The summed E-state index contributed by atoms with van der Waals surface area (Å²) in [7, 11) is 0. The molecule has 0 unspecified atom stereocenters. The molecule has 7 nitrogen and oxygen atoms in total. The first-order valence-electron chi connectivity index (χ1n) is 12.7. The number of hydrogen-bond acceptors (Lipinski definition) is 4. The summed E-state index contributed by atoms with van der Waals surface area (Å²) in [5.41, 5.74) is 2.74. The fourth-order valence-electron chi connectivity index (χ4n) is 5.55. The van der Waals surface area contributed by atoms with Crippen LogP contribution in [0.3, 0.4) is 0 Å². The van der Waals surface area contributed by atoms with Crippen LogP contribution in [0.25, 0.3) is 11.5 Å². The molecule has 1 aromatic carbocycles. The third kappa shape index (κ3) is 4.51. The number of amides is 2. The van der Waals surface area contributed by atoms with Gasteiger partial charge in [-0.2, -0.15) is 5.10 Å². The number of carbonyl (C=O) groups is 2. The summed E-state index contributed by atoms with van der Waals surface area (Å²) in [6.45, 7) is 6.14. The molecule has 2 aliphatic rings. The second kappa shape index (κ2) is 9.36. The van der Waals surface area contributed by atoms with Gasteiger partial charge in [-0.05, 0) is 69.0 Å². The van der Waals surface area contributed by atoms with Crippen LogP contribution in [0.2, 0.25) is 0 Å². The van der Waals surface area contributed by atoms with E-state index in [1.165, 1.54) is 19.3 Å². The highest BCUT2D eigenvalue weighted by atomic mass is 16.3. The highest BCUT2D eigenvalue weighted by Crippen LogP contribution is 2.35. The lowest BCUT2D eigenvalue weighted by Gasteiger charge is -2.44. The first kappa shape index (κ1) is 23.4. The Hall–Kier alpha value is -3.35. The van der Waals surface area contributed by atoms with E-state index in [0.717, 1.165) is 42.5 Å². The maximum atomic E-state index is 14.0. The highest BCUT2D eigenvalue weighted by molar-refractivity contribution is 6.12. The zero-order valence-electron chi connectivity index (χ0n) is 20.8. The SMILES string of the molecule is Cc1cc(C)cc(N2C(=O)c3cc(-c4ccco4)nn3C[C@]2(C)C(=O)NC2CCCCCCC2)c1. The third-order valence-corrected chi connectivity index (χ3v) is 7.32. The molecular formula is C28H34N4O3. The molecule has 0 bridgehead atoms. The van der Waals surface area contributed by atoms with Crippen molar-refractivity contribution in [1.82, 2.24) is 15.1 Å². The Morgan fingerprint density at radius 3 is 2.40 bits per heavy atom. The summed E-state index contributed by atoms with van der Waals surface area (Å²) < 4.78 is 7.18. The van der Waals surface area contributed by atoms with Gasteiger partial charge in [0.25, 0.3) is 5.91 Å². The summed E-state index contributed by atoms with van der Waals surface area (Å²) in [6.07, 6.45) is 9.49. The lowest BCUT2D eigenvalue weighted by atomic mass is 9.91. The van der Waals surface area contributed by atoms with Crippen LogP contribution in [0.1, 0.15) is 73.5 Å². The van der Waals surface area contributed by atoms with Gasteiger partial charge in [0.15, 0.2) is 5.76 Å². The van der Waals surface area contributed by atoms with Crippen LogP contribution in [-0.4, -0.2) is 33.2 Å². The zero-order valence-corrected chi connectivity index (χ0v) is 20.8. The molecule has 184 valence electrons. The van der Waals surface area contributed by atoms with E-state index in [0.29, 0.717) is 17.1 Å². The minimum Gasteiger partial charge on any atom is -0.463 e. The van der Waals surface area contributed by atoms with E-state index in [2.05, 4.69) is 16.5 Å². The molecule has 7 heteroatoms. The number of rotatable bonds is 4. The van der Waals surface area contributed by atoms with Crippen molar-refractivity contribution < 1.29 is 14.0 Å². The van der Waals surface area contributed by atoms with Gasteiger partial charge in [-0.3, -0.25) is 19.2 Å². The molecule has 0 saturated heterocycles. The average molecular weight is 475 g/mol. The van der Waals surface area contributed by atoms with Crippen molar-refractivity contribution in [3.05, 3.63) is 59.5 Å². The Labute approximate surface area is 206 Å². The number of nitrogens with one attached hydrogen (secondary N) is 1. The minimum atomic E-state index is -1.13. The quantitative estimate of drug-likeness (QED) is 0.548. The van der Waals surface area contributed by atoms with E-state index in [-0.39, 0.29) is 24.4 Å². The molecule has 1 N–H and O–H groups in total. The highest BCUT2D eigenvalue weighted by Gasteiger charge is 2.49. The van der Waals surface area contributed by atoms with Gasteiger partial charge in [0.1, 0.15) is 16.9 Å². The van der Waals surface area contributed by atoms with E-state index < -0.39 is 5.54 Å². The van der Waals surface area contributed by atoms with Crippen molar-refractivity contribution >= 4 is 17.5 Å². The summed E-state index contributed by atoms with van der Waals surface area (Å²) in [5.74, 6) is 0.233. The molecule has 1 aliphatic heterocycles. The van der Waals surface area contributed by atoms with Crippen LogP contribution >= 0.6 is 0 Å². The molecule has 35 heavy (non-hydrogen) atoms. The number of carbonyl (C=O) groups excluding carboxylic acids is 2. The average Bonchev–Trinajstić information content (AvgIpc) is 3.44.